The van der Waals surface area contributed by atoms with Crippen LogP contribution in [0.4, 0.5) is 4.39 Å². The van der Waals surface area contributed by atoms with E-state index >= 15 is 0 Å². The van der Waals surface area contributed by atoms with Crippen molar-refractivity contribution in [2.24, 2.45) is 0 Å². The van der Waals surface area contributed by atoms with E-state index in [0.717, 1.165) is 0 Å². The molecular formula is C16H14FNO3. The third-order valence-electron chi connectivity index (χ3n) is 3.07. The molecule has 0 aliphatic carbocycles. The van der Waals surface area contributed by atoms with Gasteiger partial charge < -0.3 is 10.0 Å². The summed E-state index contributed by atoms with van der Waals surface area (Å²) >= 11 is 0. The highest BCUT2D eigenvalue weighted by molar-refractivity contribution is 5.94. The Hall–Kier alpha value is -2.69. The Bertz CT molecular complexity index is 693. The van der Waals surface area contributed by atoms with E-state index in [9.17, 15) is 14.0 Å². The molecule has 0 saturated carbocycles. The smallest absolute Gasteiger partial charge is 0.338 e. The second-order valence-corrected chi connectivity index (χ2v) is 4.78. The van der Waals surface area contributed by atoms with Crippen molar-refractivity contribution < 1.29 is 19.1 Å². The number of halogens is 1. The number of rotatable bonds is 3. The number of amides is 1. The number of nitrogens with zero attached hydrogens (tertiary/aromatic N) is 1. The molecule has 0 heterocycles. The average Bonchev–Trinajstić information content (AvgIpc) is 2.46. The van der Waals surface area contributed by atoms with Crippen LogP contribution in [0.5, 0.6) is 0 Å². The normalized spacial score (nSPS) is 10.2. The summed E-state index contributed by atoms with van der Waals surface area (Å²) in [6.45, 7) is 0. The Morgan fingerprint density at radius 1 is 1.00 bits per heavy atom. The molecule has 0 saturated heterocycles. The van der Waals surface area contributed by atoms with Gasteiger partial charge in [-0.05, 0) is 35.4 Å². The number of hydrogen-bond donors (Lipinski definition) is 1. The summed E-state index contributed by atoms with van der Waals surface area (Å²) in [5.41, 5.74) is 1.44. The van der Waals surface area contributed by atoms with E-state index in [4.69, 9.17) is 5.11 Å². The minimum Gasteiger partial charge on any atom is -0.478 e. The first-order chi connectivity index (χ1) is 9.90. The van der Waals surface area contributed by atoms with E-state index in [1.54, 1.807) is 38.4 Å². The fourth-order valence-electron chi connectivity index (χ4n) is 1.93. The van der Waals surface area contributed by atoms with E-state index in [2.05, 4.69) is 0 Å². The van der Waals surface area contributed by atoms with Crippen LogP contribution in [-0.2, 0) is 0 Å². The topological polar surface area (TPSA) is 57.6 Å². The molecule has 0 radical (unpaired) electrons. The number of carbonyl (C=O) groups is 2. The molecule has 0 atom stereocenters. The zero-order valence-electron chi connectivity index (χ0n) is 11.6. The molecule has 0 aromatic heterocycles. The van der Waals surface area contributed by atoms with Crippen molar-refractivity contribution in [3.05, 3.63) is 59.4 Å². The van der Waals surface area contributed by atoms with Crippen molar-refractivity contribution in [2.75, 3.05) is 14.1 Å². The van der Waals surface area contributed by atoms with Gasteiger partial charge in [-0.15, -0.1) is 0 Å². The summed E-state index contributed by atoms with van der Waals surface area (Å²) in [5.74, 6) is -2.20. The van der Waals surface area contributed by atoms with Crippen molar-refractivity contribution >= 4 is 11.9 Å². The first kappa shape index (κ1) is 14.7. The van der Waals surface area contributed by atoms with Gasteiger partial charge in [-0.3, -0.25) is 4.79 Å². The van der Waals surface area contributed by atoms with Crippen LogP contribution < -0.4 is 0 Å². The molecule has 2 rings (SSSR count). The highest BCUT2D eigenvalue weighted by atomic mass is 19.1. The fourth-order valence-corrected chi connectivity index (χ4v) is 1.93. The highest BCUT2D eigenvalue weighted by Gasteiger charge is 2.12. The van der Waals surface area contributed by atoms with Crippen LogP contribution in [0.15, 0.2) is 42.5 Å². The number of carboxylic acids is 1. The molecule has 5 heteroatoms. The SMILES string of the molecule is CN(C)C(=O)c1ccc(-c2ccc(C(=O)O)c(F)c2)cc1. The molecular weight excluding hydrogens is 273 g/mol. The van der Waals surface area contributed by atoms with Gasteiger partial charge in [0.05, 0.1) is 5.56 Å². The molecule has 2 aromatic rings. The van der Waals surface area contributed by atoms with Gasteiger partial charge in [0.15, 0.2) is 0 Å². The summed E-state index contributed by atoms with van der Waals surface area (Å²) in [6, 6.07) is 10.6. The third kappa shape index (κ3) is 3.08. The van der Waals surface area contributed by atoms with Crippen LogP contribution in [0, 0.1) is 5.82 Å². The molecule has 0 fully saturated rings. The van der Waals surface area contributed by atoms with Gasteiger partial charge in [-0.25, -0.2) is 9.18 Å². The lowest BCUT2D eigenvalue weighted by molar-refractivity contribution is 0.0691. The summed E-state index contributed by atoms with van der Waals surface area (Å²) in [4.78, 5) is 24.0. The predicted molar refractivity (Wildman–Crippen MR) is 76.8 cm³/mol. The summed E-state index contributed by atoms with van der Waals surface area (Å²) < 4.78 is 13.7. The minimum atomic E-state index is -1.30. The zero-order chi connectivity index (χ0) is 15.6. The Kier molecular flexibility index (Phi) is 4.03. The maximum Gasteiger partial charge on any atom is 0.338 e. The van der Waals surface area contributed by atoms with Crippen LogP contribution in [0.25, 0.3) is 11.1 Å². The highest BCUT2D eigenvalue weighted by Crippen LogP contribution is 2.22. The lowest BCUT2D eigenvalue weighted by Crippen LogP contribution is -2.21. The third-order valence-corrected chi connectivity index (χ3v) is 3.07. The van der Waals surface area contributed by atoms with Gasteiger partial charge in [-0.1, -0.05) is 18.2 Å². The van der Waals surface area contributed by atoms with Gasteiger partial charge in [0.2, 0.25) is 0 Å². The summed E-state index contributed by atoms with van der Waals surface area (Å²) in [5, 5.41) is 8.79. The van der Waals surface area contributed by atoms with Crippen molar-refractivity contribution in [3.8, 4) is 11.1 Å². The van der Waals surface area contributed by atoms with E-state index in [1.165, 1.54) is 23.1 Å². The number of benzene rings is 2. The maximum atomic E-state index is 13.7. The number of carbonyl (C=O) groups excluding carboxylic acids is 1. The van der Waals surface area contributed by atoms with Crippen molar-refractivity contribution in [3.63, 3.8) is 0 Å². The summed E-state index contributed by atoms with van der Waals surface area (Å²) in [7, 11) is 3.33. The van der Waals surface area contributed by atoms with Gasteiger partial charge in [0.25, 0.3) is 5.91 Å². The molecule has 1 amide bonds. The Labute approximate surface area is 121 Å². The quantitative estimate of drug-likeness (QED) is 0.944. The lowest BCUT2D eigenvalue weighted by atomic mass is 10.0. The molecule has 0 aliphatic rings. The predicted octanol–water partition coefficient (Wildman–Crippen LogP) is 2.89. The molecule has 0 bridgehead atoms. The van der Waals surface area contributed by atoms with E-state index in [0.29, 0.717) is 16.7 Å². The first-order valence-corrected chi connectivity index (χ1v) is 6.25. The monoisotopic (exact) mass is 287 g/mol. The maximum absolute atomic E-state index is 13.7. The van der Waals surface area contributed by atoms with E-state index < -0.39 is 11.8 Å². The van der Waals surface area contributed by atoms with Gasteiger partial charge in [-0.2, -0.15) is 0 Å². The van der Waals surface area contributed by atoms with E-state index in [1.807, 2.05) is 0 Å². The van der Waals surface area contributed by atoms with Crippen LogP contribution in [0.1, 0.15) is 20.7 Å². The molecule has 0 unspecified atom stereocenters. The lowest BCUT2D eigenvalue weighted by Gasteiger charge is -2.10. The average molecular weight is 287 g/mol. The minimum absolute atomic E-state index is 0.117. The van der Waals surface area contributed by atoms with Crippen molar-refractivity contribution in [1.82, 2.24) is 4.90 Å². The Morgan fingerprint density at radius 2 is 1.57 bits per heavy atom. The molecule has 4 nitrogen and oxygen atoms in total. The van der Waals surface area contributed by atoms with E-state index in [-0.39, 0.29) is 11.5 Å². The second kappa shape index (κ2) is 5.75. The summed E-state index contributed by atoms with van der Waals surface area (Å²) in [6.07, 6.45) is 0. The molecule has 2 aromatic carbocycles. The number of hydrogen-bond acceptors (Lipinski definition) is 2. The second-order valence-electron chi connectivity index (χ2n) is 4.78. The Morgan fingerprint density at radius 3 is 2.05 bits per heavy atom. The molecule has 108 valence electrons. The van der Waals surface area contributed by atoms with Crippen molar-refractivity contribution in [2.45, 2.75) is 0 Å². The molecule has 0 spiro atoms. The zero-order valence-corrected chi connectivity index (χ0v) is 11.6. The number of aromatic carboxylic acids is 1. The van der Waals surface area contributed by atoms with Crippen LogP contribution >= 0.6 is 0 Å². The van der Waals surface area contributed by atoms with Gasteiger partial charge in [0, 0.05) is 19.7 Å². The standard InChI is InChI=1S/C16H14FNO3/c1-18(2)15(19)11-5-3-10(4-6-11)12-7-8-13(16(20)21)14(17)9-12/h3-9H,1-2H3,(H,20,21). The largest absolute Gasteiger partial charge is 0.478 e. The number of carboxylic acid groups (broad SMARTS) is 1. The van der Waals surface area contributed by atoms with Crippen LogP contribution in [-0.4, -0.2) is 36.0 Å². The fraction of sp³-hybridized carbons (Fsp3) is 0.125. The van der Waals surface area contributed by atoms with Gasteiger partial charge >= 0.3 is 5.97 Å². The molecule has 1 N–H and O–H groups in total. The van der Waals surface area contributed by atoms with Gasteiger partial charge in [0.1, 0.15) is 5.82 Å². The van der Waals surface area contributed by atoms with Crippen LogP contribution in [0.2, 0.25) is 0 Å². The first-order valence-electron chi connectivity index (χ1n) is 6.25. The molecule has 21 heavy (non-hydrogen) atoms. The molecule has 0 aliphatic heterocycles. The van der Waals surface area contributed by atoms with Crippen LogP contribution in [0.3, 0.4) is 0 Å². The Balaban J connectivity index is 2.33. The van der Waals surface area contributed by atoms with Crippen molar-refractivity contribution in [1.29, 1.82) is 0 Å².